The van der Waals surface area contributed by atoms with Gasteiger partial charge in [0.05, 0.1) is 10.6 Å². The van der Waals surface area contributed by atoms with E-state index in [9.17, 15) is 14.0 Å². The summed E-state index contributed by atoms with van der Waals surface area (Å²) in [4.78, 5) is 26.4. The molecule has 2 amide bonds. The number of hydrogen-bond acceptors (Lipinski definition) is 5. The Morgan fingerprint density at radius 3 is 2.66 bits per heavy atom. The highest BCUT2D eigenvalue weighted by molar-refractivity contribution is 7.15. The SMILES string of the molecule is O=C(Nc1nnc(C2CC(=O)N(c3ccc(F)cc3)C2)s1)c1ccc(Cl)cc1Cl. The lowest BCUT2D eigenvalue weighted by Crippen LogP contribution is -2.24. The molecule has 2 heterocycles. The molecule has 4 rings (SSSR count). The van der Waals surface area contributed by atoms with Crippen LogP contribution in [0.1, 0.15) is 27.7 Å². The monoisotopic (exact) mass is 450 g/mol. The average Bonchev–Trinajstić information content (AvgIpc) is 3.29. The Labute approximate surface area is 179 Å². The second-order valence-electron chi connectivity index (χ2n) is 6.41. The summed E-state index contributed by atoms with van der Waals surface area (Å²) in [5, 5.41) is 12.4. The van der Waals surface area contributed by atoms with Crippen LogP contribution in [0.25, 0.3) is 0 Å². The van der Waals surface area contributed by atoms with Crippen molar-refractivity contribution in [3.63, 3.8) is 0 Å². The van der Waals surface area contributed by atoms with Crippen LogP contribution >= 0.6 is 34.5 Å². The van der Waals surface area contributed by atoms with Gasteiger partial charge in [-0.3, -0.25) is 14.9 Å². The topological polar surface area (TPSA) is 75.2 Å². The summed E-state index contributed by atoms with van der Waals surface area (Å²) in [6.45, 7) is 0.413. The summed E-state index contributed by atoms with van der Waals surface area (Å²) in [6.07, 6.45) is 0.267. The molecule has 0 bridgehead atoms. The second kappa shape index (κ2) is 8.06. The number of benzene rings is 2. The van der Waals surface area contributed by atoms with Gasteiger partial charge in [-0.2, -0.15) is 0 Å². The zero-order chi connectivity index (χ0) is 20.5. The zero-order valence-corrected chi connectivity index (χ0v) is 17.1. The van der Waals surface area contributed by atoms with Crippen molar-refractivity contribution >= 4 is 57.2 Å². The molecule has 1 atom stereocenters. The quantitative estimate of drug-likeness (QED) is 0.621. The molecule has 1 N–H and O–H groups in total. The molecule has 10 heteroatoms. The molecule has 29 heavy (non-hydrogen) atoms. The fraction of sp³-hybridized carbons (Fsp3) is 0.158. The number of rotatable bonds is 4. The van der Waals surface area contributed by atoms with E-state index in [4.69, 9.17) is 23.2 Å². The van der Waals surface area contributed by atoms with Crippen LogP contribution in [0.4, 0.5) is 15.2 Å². The van der Waals surface area contributed by atoms with Gasteiger partial charge in [0.2, 0.25) is 11.0 Å². The maximum atomic E-state index is 13.1. The highest BCUT2D eigenvalue weighted by atomic mass is 35.5. The Hall–Kier alpha value is -2.55. The van der Waals surface area contributed by atoms with Gasteiger partial charge in [0.1, 0.15) is 10.8 Å². The fourth-order valence-electron chi connectivity index (χ4n) is 3.03. The minimum absolute atomic E-state index is 0.0738. The molecule has 1 aliphatic heterocycles. The van der Waals surface area contributed by atoms with Crippen LogP contribution < -0.4 is 10.2 Å². The van der Waals surface area contributed by atoms with Crippen molar-refractivity contribution in [2.75, 3.05) is 16.8 Å². The van der Waals surface area contributed by atoms with Crippen molar-refractivity contribution in [1.82, 2.24) is 10.2 Å². The predicted octanol–water partition coefficient (Wildman–Crippen LogP) is 4.76. The molecule has 1 aliphatic rings. The molecule has 0 aliphatic carbocycles. The van der Waals surface area contributed by atoms with Crippen molar-refractivity contribution in [2.24, 2.45) is 0 Å². The number of nitrogens with one attached hydrogen (secondary N) is 1. The van der Waals surface area contributed by atoms with Crippen molar-refractivity contribution in [3.8, 4) is 0 Å². The number of carbonyl (C=O) groups excluding carboxylic acids is 2. The van der Waals surface area contributed by atoms with Crippen LogP contribution in [-0.2, 0) is 4.79 Å². The van der Waals surface area contributed by atoms with E-state index in [2.05, 4.69) is 15.5 Å². The Balaban J connectivity index is 1.46. The molecule has 0 saturated carbocycles. The number of hydrogen-bond donors (Lipinski definition) is 1. The number of aromatic nitrogens is 2. The van der Waals surface area contributed by atoms with E-state index in [-0.39, 0.29) is 34.6 Å². The van der Waals surface area contributed by atoms with Crippen molar-refractivity contribution < 1.29 is 14.0 Å². The summed E-state index contributed by atoms with van der Waals surface area (Å²) < 4.78 is 13.1. The van der Waals surface area contributed by atoms with Gasteiger partial charge in [-0.1, -0.05) is 34.5 Å². The maximum Gasteiger partial charge on any atom is 0.259 e. The first-order valence-electron chi connectivity index (χ1n) is 8.56. The van der Waals surface area contributed by atoms with Crippen LogP contribution in [0, 0.1) is 5.82 Å². The molecule has 6 nitrogen and oxygen atoms in total. The standard InChI is InChI=1S/C19H13Cl2FN4O2S/c20-11-1-6-14(15(21)8-11)17(28)23-19-25-24-18(29-19)10-7-16(27)26(9-10)13-4-2-12(22)3-5-13/h1-6,8,10H,7,9H2,(H,23,25,28). The fourth-order valence-corrected chi connectivity index (χ4v) is 4.36. The predicted molar refractivity (Wildman–Crippen MR) is 110 cm³/mol. The van der Waals surface area contributed by atoms with Crippen LogP contribution in [0.5, 0.6) is 0 Å². The van der Waals surface area contributed by atoms with Gasteiger partial charge in [0, 0.05) is 29.6 Å². The molecule has 1 aromatic heterocycles. The average molecular weight is 451 g/mol. The normalized spacial score (nSPS) is 16.3. The lowest BCUT2D eigenvalue weighted by atomic mass is 10.1. The zero-order valence-electron chi connectivity index (χ0n) is 14.7. The van der Waals surface area contributed by atoms with Gasteiger partial charge in [-0.25, -0.2) is 4.39 Å². The molecule has 148 valence electrons. The van der Waals surface area contributed by atoms with Crippen LogP contribution in [0.3, 0.4) is 0 Å². The Bertz CT molecular complexity index is 1090. The molecular formula is C19H13Cl2FN4O2S. The van der Waals surface area contributed by atoms with Gasteiger partial charge in [-0.15, -0.1) is 10.2 Å². The van der Waals surface area contributed by atoms with Gasteiger partial charge in [0.15, 0.2) is 0 Å². The minimum atomic E-state index is -0.426. The summed E-state index contributed by atoms with van der Waals surface area (Å²) in [7, 11) is 0. The smallest absolute Gasteiger partial charge is 0.259 e. The molecule has 1 fully saturated rings. The van der Waals surface area contributed by atoms with Gasteiger partial charge >= 0.3 is 0 Å². The highest BCUT2D eigenvalue weighted by Crippen LogP contribution is 2.34. The number of amides is 2. The Morgan fingerprint density at radius 2 is 1.93 bits per heavy atom. The van der Waals surface area contributed by atoms with Crippen LogP contribution in [0.15, 0.2) is 42.5 Å². The maximum absolute atomic E-state index is 13.1. The van der Waals surface area contributed by atoms with E-state index in [1.54, 1.807) is 23.1 Å². The third-order valence-electron chi connectivity index (χ3n) is 4.45. The second-order valence-corrected chi connectivity index (χ2v) is 8.26. The third kappa shape index (κ3) is 4.24. The highest BCUT2D eigenvalue weighted by Gasteiger charge is 2.34. The summed E-state index contributed by atoms with van der Waals surface area (Å²) in [6, 6.07) is 10.3. The first kappa shape index (κ1) is 19.8. The largest absolute Gasteiger partial charge is 0.312 e. The number of halogens is 3. The van der Waals surface area contributed by atoms with Crippen LogP contribution in [0.2, 0.25) is 10.0 Å². The molecular weight excluding hydrogens is 438 g/mol. The first-order chi connectivity index (χ1) is 13.9. The van der Waals surface area contributed by atoms with Gasteiger partial charge in [0.25, 0.3) is 5.91 Å². The number of anilines is 2. The molecule has 3 aromatic rings. The first-order valence-corrected chi connectivity index (χ1v) is 10.1. The molecule has 0 spiro atoms. The minimum Gasteiger partial charge on any atom is -0.312 e. The van der Waals surface area contributed by atoms with E-state index < -0.39 is 5.91 Å². The molecule has 2 aromatic carbocycles. The molecule has 1 unspecified atom stereocenters. The van der Waals surface area contributed by atoms with Gasteiger partial charge in [-0.05, 0) is 42.5 Å². The van der Waals surface area contributed by atoms with E-state index in [1.165, 1.54) is 35.6 Å². The van der Waals surface area contributed by atoms with Crippen molar-refractivity contribution in [1.29, 1.82) is 0 Å². The third-order valence-corrected chi connectivity index (χ3v) is 6.00. The lowest BCUT2D eigenvalue weighted by molar-refractivity contribution is -0.117. The van der Waals surface area contributed by atoms with E-state index in [0.29, 0.717) is 27.4 Å². The van der Waals surface area contributed by atoms with Crippen LogP contribution in [-0.4, -0.2) is 28.6 Å². The van der Waals surface area contributed by atoms with E-state index in [0.717, 1.165) is 0 Å². The molecule has 0 radical (unpaired) electrons. The summed E-state index contributed by atoms with van der Waals surface area (Å²) in [5.74, 6) is -1.02. The van der Waals surface area contributed by atoms with Crippen molar-refractivity contribution in [3.05, 3.63) is 68.9 Å². The van der Waals surface area contributed by atoms with Gasteiger partial charge < -0.3 is 4.90 Å². The van der Waals surface area contributed by atoms with E-state index in [1.807, 2.05) is 0 Å². The summed E-state index contributed by atoms with van der Waals surface area (Å²) in [5.41, 5.74) is 0.903. The van der Waals surface area contributed by atoms with Crippen molar-refractivity contribution in [2.45, 2.75) is 12.3 Å². The van der Waals surface area contributed by atoms with E-state index >= 15 is 0 Å². The molecule has 1 saturated heterocycles. The Kier molecular flexibility index (Phi) is 5.49. The Morgan fingerprint density at radius 1 is 1.17 bits per heavy atom. The summed E-state index contributed by atoms with van der Waals surface area (Å²) >= 11 is 13.1. The number of carbonyl (C=O) groups is 2. The number of nitrogens with zero attached hydrogens (tertiary/aromatic N) is 3. The lowest BCUT2D eigenvalue weighted by Gasteiger charge is -2.16.